The second-order valence-electron chi connectivity index (χ2n) is 7.56. The van der Waals surface area contributed by atoms with E-state index in [2.05, 4.69) is 16.4 Å². The van der Waals surface area contributed by atoms with E-state index in [4.69, 9.17) is 21.1 Å². The Kier molecular flexibility index (Phi) is 7.01. The molecule has 2 N–H and O–H groups in total. The van der Waals surface area contributed by atoms with Crippen LogP contribution < -0.4 is 14.8 Å². The molecule has 0 aliphatic heterocycles. The molecule has 1 amide bonds. The van der Waals surface area contributed by atoms with Gasteiger partial charge in [-0.1, -0.05) is 54.1 Å². The highest BCUT2D eigenvalue weighted by Gasteiger charge is 2.20. The second-order valence-corrected chi connectivity index (χ2v) is 7.96. The Morgan fingerprint density at radius 2 is 1.76 bits per heavy atom. The van der Waals surface area contributed by atoms with Gasteiger partial charge in [0.1, 0.15) is 0 Å². The number of H-pyrrole nitrogens is 1. The molecule has 5 nitrogen and oxygen atoms in total. The quantitative estimate of drug-likeness (QED) is 0.326. The van der Waals surface area contributed by atoms with Gasteiger partial charge >= 0.3 is 0 Å². The van der Waals surface area contributed by atoms with Gasteiger partial charge in [-0.2, -0.15) is 0 Å². The van der Waals surface area contributed by atoms with Gasteiger partial charge < -0.3 is 19.8 Å². The lowest BCUT2D eigenvalue weighted by Crippen LogP contribution is -2.27. The normalized spacial score (nSPS) is 12.1. The molecule has 6 heteroatoms. The molecule has 0 fully saturated rings. The number of aromatic nitrogens is 1. The number of ether oxygens (including phenoxy) is 2. The minimum atomic E-state index is -0.193. The highest BCUT2D eigenvalue weighted by Crippen LogP contribution is 2.34. The van der Waals surface area contributed by atoms with Gasteiger partial charge in [0.05, 0.1) is 14.2 Å². The third kappa shape index (κ3) is 5.04. The summed E-state index contributed by atoms with van der Waals surface area (Å²) in [5, 5.41) is 4.81. The lowest BCUT2D eigenvalue weighted by atomic mass is 9.90. The second kappa shape index (κ2) is 10.3. The van der Waals surface area contributed by atoms with E-state index in [-0.39, 0.29) is 11.8 Å². The average molecular weight is 461 g/mol. The molecule has 0 saturated carbocycles. The molecule has 0 bridgehead atoms. The van der Waals surface area contributed by atoms with Crippen LogP contribution in [0, 0.1) is 0 Å². The Hall–Kier alpha value is -3.70. The summed E-state index contributed by atoms with van der Waals surface area (Å²) in [6, 6.07) is 21.3. The number of carbonyl (C=O) groups is 1. The molecule has 3 aromatic carbocycles. The molecule has 168 valence electrons. The molecule has 0 aliphatic rings. The zero-order valence-electron chi connectivity index (χ0n) is 18.5. The molecule has 4 rings (SSSR count). The molecule has 1 heterocycles. The fraction of sp³-hybridized carbons (Fsp3) is 0.148. The number of halogens is 1. The Morgan fingerprint density at radius 1 is 1.00 bits per heavy atom. The molecule has 0 unspecified atom stereocenters. The lowest BCUT2D eigenvalue weighted by molar-refractivity contribution is -0.116. The zero-order valence-corrected chi connectivity index (χ0v) is 19.2. The summed E-state index contributed by atoms with van der Waals surface area (Å²) in [4.78, 5) is 16.0. The summed E-state index contributed by atoms with van der Waals surface area (Å²) in [7, 11) is 3.17. The summed E-state index contributed by atoms with van der Waals surface area (Å²) in [5.74, 6) is 0.952. The standard InChI is InChI=1S/C27H25ClN2O3/c1-32-25-13-11-18(15-26(25)33-2)12-14-27(31)30-17-21(19-7-3-5-9-23(19)28)22-16-29-24-10-6-4-8-20(22)24/h3-16,21,29H,17H2,1-2H3,(H,30,31)/b14-12+/t21-/m0/s1. The molecule has 33 heavy (non-hydrogen) atoms. The molecule has 4 aromatic rings. The van der Waals surface area contributed by atoms with Crippen LogP contribution in [0.1, 0.15) is 22.6 Å². The van der Waals surface area contributed by atoms with Crippen molar-refractivity contribution in [1.82, 2.24) is 10.3 Å². The van der Waals surface area contributed by atoms with Gasteiger partial charge in [-0.25, -0.2) is 0 Å². The summed E-state index contributed by atoms with van der Waals surface area (Å²) in [5.41, 5.74) is 3.93. The van der Waals surface area contributed by atoms with E-state index in [0.717, 1.165) is 27.6 Å². The third-order valence-electron chi connectivity index (χ3n) is 5.59. The number of hydrogen-bond acceptors (Lipinski definition) is 3. The average Bonchev–Trinajstić information content (AvgIpc) is 3.27. The molecule has 0 aliphatic carbocycles. The Morgan fingerprint density at radius 3 is 2.55 bits per heavy atom. The van der Waals surface area contributed by atoms with Gasteiger partial charge in [0, 0.05) is 40.7 Å². The maximum atomic E-state index is 12.7. The number of methoxy groups -OCH3 is 2. The number of rotatable bonds is 8. The maximum Gasteiger partial charge on any atom is 0.244 e. The molecule has 0 radical (unpaired) electrons. The first-order chi connectivity index (χ1) is 16.1. The minimum absolute atomic E-state index is 0.103. The van der Waals surface area contributed by atoms with Gasteiger partial charge in [-0.15, -0.1) is 0 Å². The summed E-state index contributed by atoms with van der Waals surface area (Å²) >= 11 is 6.54. The molecule has 0 spiro atoms. The van der Waals surface area contributed by atoms with Crippen LogP contribution in [0.3, 0.4) is 0 Å². The van der Waals surface area contributed by atoms with Gasteiger partial charge in [0.2, 0.25) is 5.91 Å². The minimum Gasteiger partial charge on any atom is -0.493 e. The van der Waals surface area contributed by atoms with Crippen LogP contribution in [-0.2, 0) is 4.79 Å². The predicted octanol–water partition coefficient (Wildman–Crippen LogP) is 5.80. The Balaban J connectivity index is 1.54. The number of carbonyl (C=O) groups excluding carboxylic acids is 1. The van der Waals surface area contributed by atoms with Crippen LogP contribution in [0.25, 0.3) is 17.0 Å². The summed E-state index contributed by atoms with van der Waals surface area (Å²) in [6.07, 6.45) is 5.25. The van der Waals surface area contributed by atoms with E-state index >= 15 is 0 Å². The van der Waals surface area contributed by atoms with Crippen LogP contribution in [0.2, 0.25) is 5.02 Å². The van der Waals surface area contributed by atoms with Crippen molar-refractivity contribution in [3.8, 4) is 11.5 Å². The molecular formula is C27H25ClN2O3. The number of hydrogen-bond donors (Lipinski definition) is 2. The summed E-state index contributed by atoms with van der Waals surface area (Å²) < 4.78 is 10.6. The van der Waals surface area contributed by atoms with E-state index in [0.29, 0.717) is 23.1 Å². The smallest absolute Gasteiger partial charge is 0.244 e. The van der Waals surface area contributed by atoms with Crippen LogP contribution in [-0.4, -0.2) is 31.7 Å². The van der Waals surface area contributed by atoms with E-state index in [1.807, 2.05) is 60.8 Å². The number of aromatic amines is 1. The van der Waals surface area contributed by atoms with Crippen LogP contribution in [0.5, 0.6) is 11.5 Å². The Labute approximate surface area is 198 Å². The Bertz CT molecular complexity index is 1300. The molecule has 1 aromatic heterocycles. The number of nitrogens with one attached hydrogen (secondary N) is 2. The van der Waals surface area contributed by atoms with Gasteiger partial charge in [-0.3, -0.25) is 4.79 Å². The lowest BCUT2D eigenvalue weighted by Gasteiger charge is -2.19. The third-order valence-corrected chi connectivity index (χ3v) is 5.94. The van der Waals surface area contributed by atoms with Crippen LogP contribution in [0.15, 0.2) is 79.0 Å². The monoisotopic (exact) mass is 460 g/mol. The number of amides is 1. The summed E-state index contributed by atoms with van der Waals surface area (Å²) in [6.45, 7) is 0.403. The fourth-order valence-corrected chi connectivity index (χ4v) is 4.18. The highest BCUT2D eigenvalue weighted by atomic mass is 35.5. The molecule has 0 saturated heterocycles. The van der Waals surface area contributed by atoms with Crippen molar-refractivity contribution < 1.29 is 14.3 Å². The maximum absolute atomic E-state index is 12.7. The van der Waals surface area contributed by atoms with Crippen LogP contribution in [0.4, 0.5) is 0 Å². The van der Waals surface area contributed by atoms with Gasteiger partial charge in [0.15, 0.2) is 11.5 Å². The van der Waals surface area contributed by atoms with Crippen molar-refractivity contribution in [1.29, 1.82) is 0 Å². The SMILES string of the molecule is COc1ccc(/C=C/C(=O)NC[C@@H](c2ccccc2Cl)c2c[nH]c3ccccc23)cc1OC. The van der Waals surface area contributed by atoms with Crippen molar-refractivity contribution in [2.45, 2.75) is 5.92 Å². The van der Waals surface area contributed by atoms with Crippen LogP contribution >= 0.6 is 11.6 Å². The van der Waals surface area contributed by atoms with E-state index < -0.39 is 0 Å². The molecule has 1 atom stereocenters. The van der Waals surface area contributed by atoms with Gasteiger partial charge in [-0.05, 0) is 47.0 Å². The first kappa shape index (κ1) is 22.5. The van der Waals surface area contributed by atoms with Crippen molar-refractivity contribution in [3.05, 3.63) is 101 Å². The van der Waals surface area contributed by atoms with Gasteiger partial charge in [0.25, 0.3) is 0 Å². The van der Waals surface area contributed by atoms with E-state index in [9.17, 15) is 4.79 Å². The van der Waals surface area contributed by atoms with E-state index in [1.165, 1.54) is 6.08 Å². The van der Waals surface area contributed by atoms with Crippen molar-refractivity contribution in [3.63, 3.8) is 0 Å². The fourth-order valence-electron chi connectivity index (χ4n) is 3.92. The largest absolute Gasteiger partial charge is 0.493 e. The first-order valence-corrected chi connectivity index (χ1v) is 11.0. The van der Waals surface area contributed by atoms with E-state index in [1.54, 1.807) is 26.4 Å². The first-order valence-electron chi connectivity index (χ1n) is 10.6. The van der Waals surface area contributed by atoms with Crippen molar-refractivity contribution in [2.75, 3.05) is 20.8 Å². The topological polar surface area (TPSA) is 63.3 Å². The number of fused-ring (bicyclic) bond motifs is 1. The zero-order chi connectivity index (χ0) is 23.2. The predicted molar refractivity (Wildman–Crippen MR) is 133 cm³/mol. The van der Waals surface area contributed by atoms with Crippen molar-refractivity contribution in [2.24, 2.45) is 0 Å². The van der Waals surface area contributed by atoms with Crippen molar-refractivity contribution >= 4 is 34.5 Å². The number of para-hydroxylation sites is 1. The molecular weight excluding hydrogens is 436 g/mol. The highest BCUT2D eigenvalue weighted by molar-refractivity contribution is 6.31. The number of benzene rings is 3.